The normalized spacial score (nSPS) is 10.6. The van der Waals surface area contributed by atoms with Gasteiger partial charge in [-0.1, -0.05) is 66.1 Å². The van der Waals surface area contributed by atoms with Crippen LogP contribution in [0.2, 0.25) is 0 Å². The Morgan fingerprint density at radius 3 is 2.12 bits per heavy atom. The highest BCUT2D eigenvalue weighted by Crippen LogP contribution is 2.23. The molecule has 1 heteroatoms. The highest BCUT2D eigenvalue weighted by molar-refractivity contribution is 6.33. The molecule has 2 radical (unpaired) electrons. The smallest absolute Gasteiger partial charge is 0.0960 e. The average molecular weight is 214 g/mol. The molecule has 17 heavy (non-hydrogen) atoms. The molecule has 0 bridgehead atoms. The van der Waals surface area contributed by atoms with Gasteiger partial charge in [-0.25, -0.2) is 0 Å². The lowest BCUT2D eigenvalue weighted by molar-refractivity contribution is 1.65. The van der Waals surface area contributed by atoms with Crippen LogP contribution in [-0.2, 0) is 0 Å². The molecular weight excluding hydrogens is 203 g/mol. The van der Waals surface area contributed by atoms with Gasteiger partial charge in [0.2, 0.25) is 0 Å². The first kappa shape index (κ1) is 10.2. The summed E-state index contributed by atoms with van der Waals surface area (Å²) in [7, 11) is 5.77. The van der Waals surface area contributed by atoms with Gasteiger partial charge in [0.1, 0.15) is 7.85 Å². The minimum atomic E-state index is 0.810. The van der Waals surface area contributed by atoms with E-state index in [-0.39, 0.29) is 0 Å². The molecule has 3 aromatic carbocycles. The summed E-state index contributed by atoms with van der Waals surface area (Å²) in [6, 6.07) is 22.9. The molecule has 0 nitrogen and oxygen atoms in total. The Labute approximate surface area is 102 Å². The van der Waals surface area contributed by atoms with Gasteiger partial charge < -0.3 is 0 Å². The minimum absolute atomic E-state index is 0.810. The molecule has 0 saturated heterocycles. The number of benzene rings is 3. The van der Waals surface area contributed by atoms with E-state index >= 15 is 0 Å². The fourth-order valence-electron chi connectivity index (χ4n) is 2.07. The Kier molecular flexibility index (Phi) is 2.45. The second-order valence-corrected chi connectivity index (χ2v) is 4.19. The van der Waals surface area contributed by atoms with Crippen LogP contribution in [0.15, 0.2) is 66.7 Å². The molecule has 0 spiro atoms. The second kappa shape index (κ2) is 4.10. The summed E-state index contributed by atoms with van der Waals surface area (Å²) in [5.41, 5.74) is 3.29. The van der Waals surface area contributed by atoms with Crippen LogP contribution in [0.3, 0.4) is 0 Å². The van der Waals surface area contributed by atoms with Crippen molar-refractivity contribution in [1.82, 2.24) is 0 Å². The van der Waals surface area contributed by atoms with Crippen LogP contribution in [-0.4, -0.2) is 7.85 Å². The Morgan fingerprint density at radius 1 is 0.588 bits per heavy atom. The van der Waals surface area contributed by atoms with Crippen LogP contribution in [0, 0.1) is 0 Å². The lowest BCUT2D eigenvalue weighted by atomic mass is 9.92. The molecule has 0 aliphatic heterocycles. The van der Waals surface area contributed by atoms with Gasteiger partial charge in [-0.15, -0.1) is 0 Å². The fourth-order valence-corrected chi connectivity index (χ4v) is 2.07. The zero-order valence-corrected chi connectivity index (χ0v) is 9.43. The third-order valence-electron chi connectivity index (χ3n) is 2.97. The maximum absolute atomic E-state index is 5.77. The Hall–Kier alpha value is -2.02. The van der Waals surface area contributed by atoms with Gasteiger partial charge >= 0.3 is 0 Å². The summed E-state index contributed by atoms with van der Waals surface area (Å²) in [6.07, 6.45) is 0. The van der Waals surface area contributed by atoms with E-state index in [9.17, 15) is 0 Å². The minimum Gasteiger partial charge on any atom is -0.0960 e. The summed E-state index contributed by atoms with van der Waals surface area (Å²) in [5.74, 6) is 0. The van der Waals surface area contributed by atoms with Gasteiger partial charge in [-0.05, 0) is 28.0 Å². The molecule has 0 amide bonds. The number of hydrogen-bond donors (Lipinski definition) is 0. The molecule has 0 aromatic heterocycles. The number of fused-ring (bicyclic) bond motifs is 1. The van der Waals surface area contributed by atoms with Crippen molar-refractivity contribution in [3.8, 4) is 11.1 Å². The summed E-state index contributed by atoms with van der Waals surface area (Å²) in [5, 5.41) is 2.41. The Morgan fingerprint density at radius 2 is 1.29 bits per heavy atom. The predicted octanol–water partition coefficient (Wildman–Crippen LogP) is 3.30. The largest absolute Gasteiger partial charge is 0.113 e. The van der Waals surface area contributed by atoms with Crippen molar-refractivity contribution >= 4 is 24.1 Å². The molecule has 0 aliphatic rings. The first-order valence-electron chi connectivity index (χ1n) is 5.68. The zero-order valence-electron chi connectivity index (χ0n) is 9.43. The third kappa shape index (κ3) is 1.96. The Balaban J connectivity index is 2.17. The van der Waals surface area contributed by atoms with Gasteiger partial charge in [0.15, 0.2) is 0 Å². The van der Waals surface area contributed by atoms with Gasteiger partial charge in [0.25, 0.3) is 0 Å². The molecule has 0 atom stereocenters. The first-order valence-corrected chi connectivity index (χ1v) is 5.68. The van der Waals surface area contributed by atoms with Crippen LogP contribution in [0.4, 0.5) is 0 Å². The molecule has 0 aliphatic carbocycles. The van der Waals surface area contributed by atoms with E-state index in [1.165, 1.54) is 21.9 Å². The van der Waals surface area contributed by atoms with E-state index in [0.717, 1.165) is 5.46 Å². The summed E-state index contributed by atoms with van der Waals surface area (Å²) in [6.45, 7) is 0. The summed E-state index contributed by atoms with van der Waals surface area (Å²) in [4.78, 5) is 0. The van der Waals surface area contributed by atoms with Crippen molar-refractivity contribution in [2.75, 3.05) is 0 Å². The average Bonchev–Trinajstić information content (AvgIpc) is 2.39. The second-order valence-electron chi connectivity index (χ2n) is 4.19. The van der Waals surface area contributed by atoms with E-state index < -0.39 is 0 Å². The van der Waals surface area contributed by atoms with Crippen molar-refractivity contribution in [2.24, 2.45) is 0 Å². The van der Waals surface area contributed by atoms with Crippen molar-refractivity contribution in [3.05, 3.63) is 66.7 Å². The maximum atomic E-state index is 5.77. The van der Waals surface area contributed by atoms with Gasteiger partial charge in [-0.2, -0.15) is 0 Å². The standard InChI is InChI=1S/C16H11B/c17-16-9-8-14-10-13(6-7-15(14)11-16)12-4-2-1-3-5-12/h1-11H. The van der Waals surface area contributed by atoms with Crippen molar-refractivity contribution < 1.29 is 0 Å². The molecule has 78 valence electrons. The van der Waals surface area contributed by atoms with E-state index in [0.29, 0.717) is 0 Å². The van der Waals surface area contributed by atoms with Crippen molar-refractivity contribution in [2.45, 2.75) is 0 Å². The first-order chi connectivity index (χ1) is 8.33. The number of rotatable bonds is 1. The monoisotopic (exact) mass is 214 g/mol. The quantitative estimate of drug-likeness (QED) is 0.545. The van der Waals surface area contributed by atoms with E-state index in [2.05, 4.69) is 48.5 Å². The van der Waals surface area contributed by atoms with E-state index in [1.807, 2.05) is 18.2 Å². The zero-order chi connectivity index (χ0) is 11.7. The van der Waals surface area contributed by atoms with Crippen LogP contribution in [0.1, 0.15) is 0 Å². The van der Waals surface area contributed by atoms with Gasteiger partial charge in [0.05, 0.1) is 0 Å². The van der Waals surface area contributed by atoms with E-state index in [1.54, 1.807) is 0 Å². The van der Waals surface area contributed by atoms with E-state index in [4.69, 9.17) is 7.85 Å². The van der Waals surface area contributed by atoms with Crippen LogP contribution in [0.5, 0.6) is 0 Å². The SMILES string of the molecule is [B]c1ccc2cc(-c3ccccc3)ccc2c1. The topological polar surface area (TPSA) is 0 Å². The lowest BCUT2D eigenvalue weighted by Crippen LogP contribution is -1.99. The van der Waals surface area contributed by atoms with Crippen LogP contribution >= 0.6 is 0 Å². The van der Waals surface area contributed by atoms with Crippen LogP contribution in [0.25, 0.3) is 21.9 Å². The highest BCUT2D eigenvalue weighted by atomic mass is 14.0. The van der Waals surface area contributed by atoms with Crippen molar-refractivity contribution in [1.29, 1.82) is 0 Å². The third-order valence-corrected chi connectivity index (χ3v) is 2.97. The molecule has 0 N–H and O–H groups in total. The Bertz CT molecular complexity index is 657. The highest BCUT2D eigenvalue weighted by Gasteiger charge is 1.99. The number of hydrogen-bond acceptors (Lipinski definition) is 0. The molecule has 0 heterocycles. The lowest BCUT2D eigenvalue weighted by Gasteiger charge is -2.04. The molecule has 0 unspecified atom stereocenters. The summed E-state index contributed by atoms with van der Waals surface area (Å²) >= 11 is 0. The maximum Gasteiger partial charge on any atom is 0.113 e. The van der Waals surface area contributed by atoms with Gasteiger partial charge in [-0.3, -0.25) is 0 Å². The van der Waals surface area contributed by atoms with Crippen LogP contribution < -0.4 is 5.46 Å². The molecular formula is C16H11B. The molecule has 0 saturated carbocycles. The molecule has 0 fully saturated rings. The van der Waals surface area contributed by atoms with Gasteiger partial charge in [0, 0.05) is 0 Å². The molecule has 3 aromatic rings. The predicted molar refractivity (Wildman–Crippen MR) is 74.8 cm³/mol. The van der Waals surface area contributed by atoms with Crippen molar-refractivity contribution in [3.63, 3.8) is 0 Å². The fraction of sp³-hybridized carbons (Fsp3) is 0. The molecule has 3 rings (SSSR count). The summed E-state index contributed by atoms with van der Waals surface area (Å²) < 4.78 is 0.